The van der Waals surface area contributed by atoms with Crippen LogP contribution >= 0.6 is 24.4 Å². The first-order valence-corrected chi connectivity index (χ1v) is 8.26. The van der Waals surface area contributed by atoms with E-state index in [4.69, 9.17) is 4.42 Å². The van der Waals surface area contributed by atoms with Gasteiger partial charge in [0.2, 0.25) is 0 Å². The molecule has 0 spiro atoms. The van der Waals surface area contributed by atoms with E-state index in [1.165, 1.54) is 31.4 Å². The van der Waals surface area contributed by atoms with E-state index in [-0.39, 0.29) is 0 Å². The fraction of sp³-hybridized carbons (Fsp3) is 0.714. The van der Waals surface area contributed by atoms with E-state index >= 15 is 0 Å². The molecular weight excluding hydrogens is 248 g/mol. The van der Waals surface area contributed by atoms with Gasteiger partial charge in [0.15, 0.2) is 0 Å². The van der Waals surface area contributed by atoms with Gasteiger partial charge in [0.1, 0.15) is 5.76 Å². The lowest BCUT2D eigenvalue weighted by atomic mass is 9.83. The van der Waals surface area contributed by atoms with Crippen LogP contribution in [0.1, 0.15) is 45.3 Å². The number of thioether (sulfide) groups is 1. The molecule has 0 atom stereocenters. The maximum absolute atomic E-state index is 5.36. The predicted octanol–water partition coefficient (Wildman–Crippen LogP) is 5.03. The molecule has 0 N–H and O–H groups in total. The third-order valence-corrected chi connectivity index (χ3v) is 5.10. The van der Waals surface area contributed by atoms with E-state index in [0.29, 0.717) is 5.41 Å². The van der Waals surface area contributed by atoms with Crippen molar-refractivity contribution in [1.82, 2.24) is 0 Å². The molecular formula is C14H24OS2. The van der Waals surface area contributed by atoms with Gasteiger partial charge in [0.25, 0.3) is 0 Å². The Bertz CT molecular complexity index is 276. The van der Waals surface area contributed by atoms with Gasteiger partial charge in [-0.25, -0.2) is 0 Å². The van der Waals surface area contributed by atoms with Crippen molar-refractivity contribution in [1.29, 1.82) is 0 Å². The van der Waals surface area contributed by atoms with Crippen molar-refractivity contribution in [2.24, 2.45) is 5.41 Å². The van der Waals surface area contributed by atoms with Crippen LogP contribution in [0.25, 0.3) is 0 Å². The van der Waals surface area contributed by atoms with Crippen LogP contribution in [0, 0.1) is 5.41 Å². The molecule has 0 bridgehead atoms. The lowest BCUT2D eigenvalue weighted by molar-refractivity contribution is 0.318. The molecule has 0 radical (unpaired) electrons. The Morgan fingerprint density at radius 2 is 2.00 bits per heavy atom. The summed E-state index contributed by atoms with van der Waals surface area (Å²) in [4.78, 5) is 0. The first-order chi connectivity index (χ1) is 8.26. The van der Waals surface area contributed by atoms with Crippen molar-refractivity contribution >= 4 is 24.4 Å². The van der Waals surface area contributed by atoms with Crippen molar-refractivity contribution in [2.45, 2.75) is 45.3 Å². The van der Waals surface area contributed by atoms with Crippen LogP contribution in [0.4, 0.5) is 0 Å². The van der Waals surface area contributed by atoms with Gasteiger partial charge in [-0.2, -0.15) is 24.4 Å². The molecule has 3 heteroatoms. The molecule has 1 nitrogen and oxygen atoms in total. The molecule has 1 aromatic heterocycles. The maximum Gasteiger partial charge on any atom is 0.113 e. The van der Waals surface area contributed by atoms with Gasteiger partial charge in [-0.3, -0.25) is 0 Å². The summed E-state index contributed by atoms with van der Waals surface area (Å²) in [5.41, 5.74) is 0.421. The van der Waals surface area contributed by atoms with Crippen molar-refractivity contribution in [2.75, 3.05) is 11.5 Å². The Labute approximate surface area is 115 Å². The first-order valence-electron chi connectivity index (χ1n) is 6.47. The zero-order valence-electron chi connectivity index (χ0n) is 10.9. The van der Waals surface area contributed by atoms with Gasteiger partial charge in [0, 0.05) is 5.75 Å². The zero-order chi connectivity index (χ0) is 12.6. The summed E-state index contributed by atoms with van der Waals surface area (Å²) in [6, 6.07) is 4.01. The molecule has 0 saturated carbocycles. The normalized spacial score (nSPS) is 11.9. The van der Waals surface area contributed by atoms with Crippen LogP contribution in [-0.2, 0) is 5.75 Å². The molecule has 0 saturated heterocycles. The topological polar surface area (TPSA) is 13.1 Å². The largest absolute Gasteiger partial charge is 0.468 e. The summed E-state index contributed by atoms with van der Waals surface area (Å²) < 4.78 is 5.36. The molecule has 0 aliphatic carbocycles. The molecule has 0 aliphatic heterocycles. The van der Waals surface area contributed by atoms with E-state index in [1.807, 2.05) is 17.8 Å². The number of thiol groups is 1. The van der Waals surface area contributed by atoms with E-state index in [1.54, 1.807) is 6.26 Å². The fourth-order valence-electron chi connectivity index (χ4n) is 2.30. The molecule has 0 aliphatic rings. The lowest BCUT2D eigenvalue weighted by Crippen LogP contribution is -2.26. The van der Waals surface area contributed by atoms with Gasteiger partial charge in [-0.1, -0.05) is 26.7 Å². The summed E-state index contributed by atoms with van der Waals surface area (Å²) in [5, 5.41) is 0. The molecule has 0 unspecified atom stereocenters. The lowest BCUT2D eigenvalue weighted by Gasteiger charge is -2.31. The summed E-state index contributed by atoms with van der Waals surface area (Å²) in [5.74, 6) is 4.25. The Hall–Kier alpha value is -0.0200. The highest BCUT2D eigenvalue weighted by molar-refractivity contribution is 7.98. The van der Waals surface area contributed by atoms with E-state index in [2.05, 4.69) is 32.5 Å². The Morgan fingerprint density at radius 3 is 2.47 bits per heavy atom. The zero-order valence-corrected chi connectivity index (χ0v) is 12.7. The maximum atomic E-state index is 5.36. The fourth-order valence-corrected chi connectivity index (χ4v) is 4.17. The second-order valence-electron chi connectivity index (χ2n) is 4.73. The molecule has 1 rings (SSSR count). The Kier molecular flexibility index (Phi) is 7.21. The average molecular weight is 272 g/mol. The average Bonchev–Trinajstić information content (AvgIpc) is 2.82. The number of rotatable bonds is 9. The van der Waals surface area contributed by atoms with Gasteiger partial charge in [0.05, 0.1) is 12.0 Å². The molecule has 1 aromatic rings. The van der Waals surface area contributed by atoms with Crippen molar-refractivity contribution in [3.05, 3.63) is 24.2 Å². The van der Waals surface area contributed by atoms with Gasteiger partial charge in [-0.05, 0) is 36.1 Å². The molecule has 1 heterocycles. The first kappa shape index (κ1) is 15.0. The highest BCUT2D eigenvalue weighted by atomic mass is 32.2. The summed E-state index contributed by atoms with van der Waals surface area (Å²) in [6.45, 7) is 4.54. The van der Waals surface area contributed by atoms with Crippen LogP contribution in [0.2, 0.25) is 0 Å². The second kappa shape index (κ2) is 8.15. The summed E-state index contributed by atoms with van der Waals surface area (Å²) >= 11 is 6.56. The van der Waals surface area contributed by atoms with Crippen LogP contribution in [-0.4, -0.2) is 11.5 Å². The highest BCUT2D eigenvalue weighted by Gasteiger charge is 2.26. The molecule has 98 valence electrons. The number of furan rings is 1. The van der Waals surface area contributed by atoms with Gasteiger partial charge < -0.3 is 4.42 Å². The Morgan fingerprint density at radius 1 is 1.29 bits per heavy atom. The van der Waals surface area contributed by atoms with Gasteiger partial charge >= 0.3 is 0 Å². The van der Waals surface area contributed by atoms with Crippen molar-refractivity contribution < 1.29 is 4.42 Å². The van der Waals surface area contributed by atoms with E-state index < -0.39 is 0 Å². The van der Waals surface area contributed by atoms with Gasteiger partial charge in [-0.15, -0.1) is 0 Å². The number of hydrogen-bond donors (Lipinski definition) is 1. The van der Waals surface area contributed by atoms with Crippen molar-refractivity contribution in [3.63, 3.8) is 0 Å². The standard InChI is InChI=1S/C14H24OS2/c1-3-7-14(11-16,8-4-2)12-17-10-13-6-5-9-15-13/h5-6,9,16H,3-4,7-8,10-12H2,1-2H3. The molecule has 17 heavy (non-hydrogen) atoms. The third-order valence-electron chi connectivity index (χ3n) is 3.13. The van der Waals surface area contributed by atoms with Crippen molar-refractivity contribution in [3.8, 4) is 0 Å². The van der Waals surface area contributed by atoms with Crippen LogP contribution in [0.15, 0.2) is 22.8 Å². The minimum Gasteiger partial charge on any atom is -0.468 e. The molecule has 0 amide bonds. The second-order valence-corrected chi connectivity index (χ2v) is 6.03. The third kappa shape index (κ3) is 5.01. The smallest absolute Gasteiger partial charge is 0.113 e. The SMILES string of the molecule is CCCC(CS)(CCC)CSCc1ccco1. The molecule has 0 aromatic carbocycles. The predicted molar refractivity (Wildman–Crippen MR) is 81.0 cm³/mol. The van der Waals surface area contributed by atoms with Crippen LogP contribution < -0.4 is 0 Å². The summed E-state index contributed by atoms with van der Waals surface area (Å²) in [6.07, 6.45) is 6.83. The van der Waals surface area contributed by atoms with Crippen LogP contribution in [0.5, 0.6) is 0 Å². The summed E-state index contributed by atoms with van der Waals surface area (Å²) in [7, 11) is 0. The highest BCUT2D eigenvalue weighted by Crippen LogP contribution is 2.35. The quantitative estimate of drug-likeness (QED) is 0.633. The molecule has 0 fully saturated rings. The monoisotopic (exact) mass is 272 g/mol. The van der Waals surface area contributed by atoms with E-state index in [9.17, 15) is 0 Å². The minimum atomic E-state index is 0.421. The van der Waals surface area contributed by atoms with E-state index in [0.717, 1.165) is 17.3 Å². The van der Waals surface area contributed by atoms with Crippen LogP contribution in [0.3, 0.4) is 0 Å². The Balaban J connectivity index is 2.42. The minimum absolute atomic E-state index is 0.421. The number of hydrogen-bond acceptors (Lipinski definition) is 3.